The number of allylic oxidation sites excluding steroid dienone is 2. The summed E-state index contributed by atoms with van der Waals surface area (Å²) in [7, 11) is 0.560. The van der Waals surface area contributed by atoms with Crippen LogP contribution < -0.4 is 4.74 Å². The van der Waals surface area contributed by atoms with Crippen molar-refractivity contribution in [1.29, 1.82) is 0 Å². The molecule has 1 saturated carbocycles. The van der Waals surface area contributed by atoms with Gasteiger partial charge in [0.15, 0.2) is 11.5 Å². The van der Waals surface area contributed by atoms with E-state index in [1.54, 1.807) is 12.0 Å². The predicted molar refractivity (Wildman–Crippen MR) is 175 cm³/mol. The first-order valence-corrected chi connectivity index (χ1v) is 16.6. The Morgan fingerprint density at radius 3 is 2.58 bits per heavy atom. The molecule has 6 rings (SSSR count). The number of nitrogens with zero attached hydrogens (tertiary/aromatic N) is 1. The second kappa shape index (κ2) is 12.8. The van der Waals surface area contributed by atoms with Crippen LogP contribution in [0.4, 0.5) is 0 Å². The van der Waals surface area contributed by atoms with Gasteiger partial charge < -0.3 is 19.5 Å². The fraction of sp³-hybridized carbons (Fsp3) is 0.471. The van der Waals surface area contributed by atoms with Gasteiger partial charge in [0.1, 0.15) is 0 Å². The summed E-state index contributed by atoms with van der Waals surface area (Å²) in [6, 6.07) is 13.9. The number of methoxy groups -OCH3 is 1. The molecule has 0 radical (unpaired) electrons. The maximum Gasteiger partial charge on any atom is 0.455 e. The summed E-state index contributed by atoms with van der Waals surface area (Å²) in [4.78, 5) is 29.1. The van der Waals surface area contributed by atoms with Gasteiger partial charge in [-0.15, -0.1) is 0 Å². The lowest BCUT2D eigenvalue weighted by molar-refractivity contribution is -0.143. The minimum absolute atomic E-state index is 0.00825. The summed E-state index contributed by atoms with van der Waals surface area (Å²) in [5, 5.41) is 21.3. The third kappa shape index (κ3) is 5.92. The SMILES string of the molecule is COc1cc(/C=C(/CC[C@H]2OB(O)C[C@H]3C2=C(C)C[C@H]2C(=O)N(C4CCCCC4)C(=O)[C@H]23)c2ccccc2)cc(I)c1O. The number of phenols is 1. The fourth-order valence-electron chi connectivity index (χ4n) is 7.92. The van der Waals surface area contributed by atoms with E-state index in [9.17, 15) is 19.7 Å². The van der Waals surface area contributed by atoms with E-state index in [1.807, 2.05) is 30.3 Å². The summed E-state index contributed by atoms with van der Waals surface area (Å²) >= 11 is 2.10. The van der Waals surface area contributed by atoms with Crippen LogP contribution in [0.3, 0.4) is 0 Å². The molecule has 2 heterocycles. The number of amides is 2. The Balaban J connectivity index is 1.28. The summed E-state index contributed by atoms with van der Waals surface area (Å²) in [6.07, 6.45) is 9.05. The van der Waals surface area contributed by atoms with E-state index in [0.717, 1.165) is 60.0 Å². The molecule has 4 atom stereocenters. The number of aromatic hydroxyl groups is 1. The standard InChI is InChI=1S/C34H39BINO6/c1-20-15-25-31(34(40)37(33(25)39)24-11-7-4-8-12-24)26-19-35(41)43-28(30(20)26)14-13-23(22-9-5-3-6-10-22)16-21-17-27(36)32(38)29(18-21)42-2/h3,5-6,9-10,16-18,24-26,28,31,38,41H,4,7-8,11-15,19H2,1-2H3/b23-16-/t25-,26+,28-,31-/m1/s1. The normalized spacial score (nSPS) is 26.6. The summed E-state index contributed by atoms with van der Waals surface area (Å²) in [5.74, 6) is -0.438. The number of carbonyl (C=O) groups excluding carboxylic acids is 2. The Morgan fingerprint density at radius 1 is 1.12 bits per heavy atom. The zero-order valence-electron chi connectivity index (χ0n) is 24.8. The van der Waals surface area contributed by atoms with Crippen LogP contribution in [0.2, 0.25) is 6.32 Å². The highest BCUT2D eigenvalue weighted by Crippen LogP contribution is 2.51. The Kier molecular flexibility index (Phi) is 9.03. The van der Waals surface area contributed by atoms with Crippen molar-refractivity contribution in [3.8, 4) is 11.5 Å². The van der Waals surface area contributed by atoms with Gasteiger partial charge in [0, 0.05) is 6.04 Å². The van der Waals surface area contributed by atoms with E-state index in [4.69, 9.17) is 9.39 Å². The second-order valence-electron chi connectivity index (χ2n) is 12.5. The second-order valence-corrected chi connectivity index (χ2v) is 13.6. The Bertz CT molecular complexity index is 1450. The smallest absolute Gasteiger partial charge is 0.455 e. The van der Waals surface area contributed by atoms with Crippen molar-refractivity contribution in [2.75, 3.05) is 7.11 Å². The van der Waals surface area contributed by atoms with Crippen molar-refractivity contribution in [1.82, 2.24) is 4.90 Å². The Morgan fingerprint density at radius 2 is 1.86 bits per heavy atom. The maximum absolute atomic E-state index is 13.9. The van der Waals surface area contributed by atoms with E-state index >= 15 is 0 Å². The highest BCUT2D eigenvalue weighted by molar-refractivity contribution is 14.1. The van der Waals surface area contributed by atoms with Crippen LogP contribution in [0.15, 0.2) is 53.6 Å². The number of rotatable bonds is 7. The predicted octanol–water partition coefficient (Wildman–Crippen LogP) is 6.48. The number of ether oxygens (including phenoxy) is 1. The topological polar surface area (TPSA) is 96.3 Å². The quantitative estimate of drug-likeness (QED) is 0.113. The molecule has 2 aliphatic carbocycles. The van der Waals surface area contributed by atoms with Gasteiger partial charge in [-0.2, -0.15) is 0 Å². The van der Waals surface area contributed by atoms with Crippen molar-refractivity contribution < 1.29 is 29.1 Å². The largest absolute Gasteiger partial charge is 0.504 e. The van der Waals surface area contributed by atoms with Gasteiger partial charge in [0.2, 0.25) is 11.8 Å². The van der Waals surface area contributed by atoms with Gasteiger partial charge >= 0.3 is 7.12 Å². The number of likely N-dealkylation sites (tertiary alicyclic amines) is 1. The summed E-state index contributed by atoms with van der Waals surface area (Å²) < 4.78 is 12.3. The third-order valence-corrected chi connectivity index (χ3v) is 10.7. The van der Waals surface area contributed by atoms with Crippen LogP contribution in [0.25, 0.3) is 11.6 Å². The van der Waals surface area contributed by atoms with Crippen molar-refractivity contribution >= 4 is 53.2 Å². The minimum atomic E-state index is -0.982. The van der Waals surface area contributed by atoms with Crippen LogP contribution in [-0.2, 0) is 14.2 Å². The summed E-state index contributed by atoms with van der Waals surface area (Å²) in [5.41, 5.74) is 5.30. The molecule has 226 valence electrons. The molecule has 0 spiro atoms. The molecule has 3 fully saturated rings. The fourth-order valence-corrected chi connectivity index (χ4v) is 8.54. The van der Waals surface area contributed by atoms with Gasteiger partial charge in [-0.25, -0.2) is 0 Å². The average molecular weight is 695 g/mol. The maximum atomic E-state index is 13.9. The first kappa shape index (κ1) is 30.4. The molecule has 2 aliphatic heterocycles. The number of fused-ring (bicyclic) bond motifs is 3. The molecule has 7 nitrogen and oxygen atoms in total. The van der Waals surface area contributed by atoms with Crippen molar-refractivity contribution in [2.45, 2.75) is 76.8 Å². The lowest BCUT2D eigenvalue weighted by atomic mass is 9.58. The number of carbonyl (C=O) groups is 2. The minimum Gasteiger partial charge on any atom is -0.504 e. The lowest BCUT2D eigenvalue weighted by Gasteiger charge is -2.42. The molecule has 2 N–H and O–H groups in total. The molecule has 2 aromatic carbocycles. The number of hydrogen-bond acceptors (Lipinski definition) is 6. The van der Waals surface area contributed by atoms with Crippen LogP contribution in [0.5, 0.6) is 11.5 Å². The number of halogens is 1. The lowest BCUT2D eigenvalue weighted by Crippen LogP contribution is -2.46. The Labute approximate surface area is 267 Å². The zero-order chi connectivity index (χ0) is 30.2. The van der Waals surface area contributed by atoms with Crippen LogP contribution in [0, 0.1) is 21.3 Å². The molecule has 0 unspecified atom stereocenters. The number of phenolic OH excluding ortho intramolecular Hbond substituents is 1. The van der Waals surface area contributed by atoms with Gasteiger partial charge in [0.25, 0.3) is 0 Å². The third-order valence-electron chi connectivity index (χ3n) is 9.86. The molecule has 43 heavy (non-hydrogen) atoms. The molecular formula is C34H39BINO6. The van der Waals surface area contributed by atoms with Crippen LogP contribution in [-0.4, -0.2) is 53.2 Å². The monoisotopic (exact) mass is 695 g/mol. The molecular weight excluding hydrogens is 656 g/mol. The summed E-state index contributed by atoms with van der Waals surface area (Å²) in [6.45, 7) is 2.08. The van der Waals surface area contributed by atoms with Crippen molar-refractivity contribution in [3.63, 3.8) is 0 Å². The van der Waals surface area contributed by atoms with E-state index in [1.165, 1.54) is 0 Å². The number of benzene rings is 2. The Hall–Kier alpha value is -2.63. The number of imide groups is 1. The first-order valence-electron chi connectivity index (χ1n) is 15.5. The average Bonchev–Trinajstić information content (AvgIpc) is 3.26. The highest BCUT2D eigenvalue weighted by atomic mass is 127. The molecule has 4 aliphatic rings. The molecule has 2 aromatic rings. The van der Waals surface area contributed by atoms with E-state index < -0.39 is 13.0 Å². The number of hydrogen-bond donors (Lipinski definition) is 2. The first-order chi connectivity index (χ1) is 20.8. The van der Waals surface area contributed by atoms with Crippen LogP contribution >= 0.6 is 22.6 Å². The molecule has 2 saturated heterocycles. The van der Waals surface area contributed by atoms with Gasteiger partial charge in [-0.05, 0) is 108 Å². The van der Waals surface area contributed by atoms with Crippen molar-refractivity contribution in [3.05, 3.63) is 68.3 Å². The molecule has 9 heteroatoms. The van der Waals surface area contributed by atoms with E-state index in [0.29, 0.717) is 34.9 Å². The molecule has 0 aromatic heterocycles. The van der Waals surface area contributed by atoms with Gasteiger partial charge in [-0.1, -0.05) is 61.2 Å². The van der Waals surface area contributed by atoms with E-state index in [-0.39, 0.29) is 41.5 Å². The van der Waals surface area contributed by atoms with Gasteiger partial charge in [-0.3, -0.25) is 14.5 Å². The van der Waals surface area contributed by atoms with E-state index in [2.05, 4.69) is 47.7 Å². The highest BCUT2D eigenvalue weighted by Gasteiger charge is 2.58. The van der Waals surface area contributed by atoms with Crippen LogP contribution in [0.1, 0.15) is 69.4 Å². The van der Waals surface area contributed by atoms with Gasteiger partial charge in [0.05, 0.1) is 28.6 Å². The molecule has 0 bridgehead atoms. The molecule has 2 amide bonds. The zero-order valence-corrected chi connectivity index (χ0v) is 27.0. The van der Waals surface area contributed by atoms with Crippen molar-refractivity contribution in [2.24, 2.45) is 17.8 Å².